The van der Waals surface area contributed by atoms with Gasteiger partial charge in [0.25, 0.3) is 0 Å². The van der Waals surface area contributed by atoms with Crippen molar-refractivity contribution in [3.63, 3.8) is 0 Å². The first-order chi connectivity index (χ1) is 14.4. The Balaban J connectivity index is 1.36. The van der Waals surface area contributed by atoms with Gasteiger partial charge in [-0.05, 0) is 36.4 Å². The molecule has 4 rings (SSSR count). The lowest BCUT2D eigenvalue weighted by Crippen LogP contribution is -2.19. The first kappa shape index (κ1) is 19.5. The number of amidine groups is 1. The maximum Gasteiger partial charge on any atom is 0.416 e. The lowest BCUT2D eigenvalue weighted by atomic mass is 10.1. The van der Waals surface area contributed by atoms with Gasteiger partial charge in [0.15, 0.2) is 12.4 Å². The Kier molecular flexibility index (Phi) is 5.13. The van der Waals surface area contributed by atoms with Crippen molar-refractivity contribution in [1.82, 2.24) is 14.5 Å². The fraction of sp³-hybridized carbons (Fsp3) is 0.150. The number of alkyl halides is 3. The van der Waals surface area contributed by atoms with E-state index in [1.165, 1.54) is 18.4 Å². The average molecular weight is 415 g/mol. The summed E-state index contributed by atoms with van der Waals surface area (Å²) in [5.41, 5.74) is 7.79. The summed E-state index contributed by atoms with van der Waals surface area (Å²) >= 11 is 0. The minimum Gasteiger partial charge on any atom is -0.444 e. The summed E-state index contributed by atoms with van der Waals surface area (Å²) in [5.74, 6) is 0.425. The number of hydrogen-bond donors (Lipinski definition) is 1. The second-order valence-corrected chi connectivity index (χ2v) is 6.44. The average Bonchev–Trinajstić information content (AvgIpc) is 3.35. The van der Waals surface area contributed by atoms with Crippen molar-refractivity contribution >= 4 is 16.9 Å². The van der Waals surface area contributed by atoms with Gasteiger partial charge in [0.05, 0.1) is 29.5 Å². The van der Waals surface area contributed by atoms with E-state index in [1.807, 2.05) is 28.8 Å². The fourth-order valence-corrected chi connectivity index (χ4v) is 2.83. The third-order valence-electron chi connectivity index (χ3n) is 4.26. The number of rotatable bonds is 6. The van der Waals surface area contributed by atoms with E-state index >= 15 is 0 Å². The number of halogens is 3. The van der Waals surface area contributed by atoms with E-state index in [2.05, 4.69) is 15.1 Å². The van der Waals surface area contributed by atoms with Crippen molar-refractivity contribution < 1.29 is 22.4 Å². The molecule has 7 nitrogen and oxygen atoms in total. The highest BCUT2D eigenvalue weighted by Crippen LogP contribution is 2.30. The lowest BCUT2D eigenvalue weighted by molar-refractivity contribution is -0.137. The summed E-state index contributed by atoms with van der Waals surface area (Å²) in [5, 5.41) is 3.86. The molecule has 0 fully saturated rings. The number of fused-ring (bicyclic) bond motifs is 1. The van der Waals surface area contributed by atoms with E-state index in [-0.39, 0.29) is 18.3 Å². The molecule has 2 aromatic heterocycles. The van der Waals surface area contributed by atoms with Crippen molar-refractivity contribution in [2.24, 2.45) is 10.9 Å². The summed E-state index contributed by atoms with van der Waals surface area (Å²) in [4.78, 5) is 13.7. The summed E-state index contributed by atoms with van der Waals surface area (Å²) in [6, 6.07) is 12.2. The van der Waals surface area contributed by atoms with E-state index in [0.717, 1.165) is 23.2 Å². The van der Waals surface area contributed by atoms with Gasteiger partial charge in [0.2, 0.25) is 5.89 Å². The Bertz CT molecular complexity index is 1180. The Morgan fingerprint density at radius 3 is 2.67 bits per heavy atom. The largest absolute Gasteiger partial charge is 0.444 e. The fourth-order valence-electron chi connectivity index (χ4n) is 2.83. The second kappa shape index (κ2) is 7.90. The molecule has 0 aliphatic rings. The Labute approximate surface area is 168 Å². The minimum atomic E-state index is -4.39. The maximum atomic E-state index is 12.6. The molecule has 30 heavy (non-hydrogen) atoms. The van der Waals surface area contributed by atoms with Crippen LogP contribution in [0, 0.1) is 0 Å². The lowest BCUT2D eigenvalue weighted by Gasteiger charge is -2.06. The first-order valence-corrected chi connectivity index (χ1v) is 8.86. The number of hydrogen-bond acceptors (Lipinski definition) is 5. The zero-order chi connectivity index (χ0) is 21.1. The maximum absolute atomic E-state index is 12.6. The first-order valence-electron chi connectivity index (χ1n) is 8.86. The third-order valence-corrected chi connectivity index (χ3v) is 4.26. The van der Waals surface area contributed by atoms with E-state index in [9.17, 15) is 13.2 Å². The highest BCUT2D eigenvalue weighted by molar-refractivity contribution is 5.82. The number of benzene rings is 2. The van der Waals surface area contributed by atoms with Crippen LogP contribution in [0.15, 0.2) is 70.7 Å². The number of imidazole rings is 1. The van der Waals surface area contributed by atoms with Crippen LogP contribution in [0.3, 0.4) is 0 Å². The molecule has 0 amide bonds. The predicted molar refractivity (Wildman–Crippen MR) is 103 cm³/mol. The number of para-hydroxylation sites is 2. The number of aromatic nitrogens is 3. The van der Waals surface area contributed by atoms with Crippen LogP contribution in [0.2, 0.25) is 0 Å². The van der Waals surface area contributed by atoms with Gasteiger partial charge in [0, 0.05) is 5.56 Å². The highest BCUT2D eigenvalue weighted by atomic mass is 19.4. The molecular weight excluding hydrogens is 399 g/mol. The number of nitrogens with two attached hydrogens (primary N) is 1. The number of oxime groups is 1. The molecular formula is C20H16F3N5O2. The molecule has 0 saturated carbocycles. The monoisotopic (exact) mass is 415 g/mol. The molecule has 0 bridgehead atoms. The van der Waals surface area contributed by atoms with Gasteiger partial charge < -0.3 is 19.6 Å². The van der Waals surface area contributed by atoms with Crippen molar-refractivity contribution in [1.29, 1.82) is 0 Å². The smallest absolute Gasteiger partial charge is 0.416 e. The van der Waals surface area contributed by atoms with E-state index in [0.29, 0.717) is 17.8 Å². The topological polar surface area (TPSA) is 91.5 Å². The van der Waals surface area contributed by atoms with Gasteiger partial charge in [-0.1, -0.05) is 17.3 Å². The second-order valence-electron chi connectivity index (χ2n) is 6.44. The van der Waals surface area contributed by atoms with E-state index in [1.54, 1.807) is 6.33 Å². The van der Waals surface area contributed by atoms with Crippen LogP contribution in [0.1, 0.15) is 11.3 Å². The molecule has 0 atom stereocenters. The summed E-state index contributed by atoms with van der Waals surface area (Å²) in [6.45, 7) is 0.297. The number of nitrogens with zero attached hydrogens (tertiary/aromatic N) is 4. The van der Waals surface area contributed by atoms with Gasteiger partial charge in [0.1, 0.15) is 12.0 Å². The molecule has 10 heteroatoms. The predicted octanol–water partition coefficient (Wildman–Crippen LogP) is 4.20. The molecule has 4 aromatic rings. The molecule has 0 unspecified atom stereocenters. The van der Waals surface area contributed by atoms with Crippen molar-refractivity contribution in [2.75, 3.05) is 0 Å². The van der Waals surface area contributed by atoms with Crippen LogP contribution in [0.4, 0.5) is 13.2 Å². The summed E-state index contributed by atoms with van der Waals surface area (Å²) in [6.07, 6.45) is -1.38. The Morgan fingerprint density at radius 1 is 1.13 bits per heavy atom. The van der Waals surface area contributed by atoms with Crippen molar-refractivity contribution in [2.45, 2.75) is 19.3 Å². The van der Waals surface area contributed by atoms with Crippen LogP contribution in [-0.4, -0.2) is 20.4 Å². The van der Waals surface area contributed by atoms with E-state index in [4.69, 9.17) is 15.0 Å². The standard InChI is InChI=1S/C20H16F3N5O2/c21-20(22,23)14-7-5-13(6-8-14)19-26-15(10-29-19)11-30-27-18(24)9-28-12-25-16-3-1-2-4-17(16)28/h1-8,10,12H,9,11H2,(H2,24,27). The van der Waals surface area contributed by atoms with Crippen molar-refractivity contribution in [3.8, 4) is 11.5 Å². The molecule has 0 aliphatic heterocycles. The molecule has 0 radical (unpaired) electrons. The SMILES string of the molecule is N/C(Cn1cnc2ccccc21)=N\OCc1coc(-c2ccc(C(F)(F)F)cc2)n1. The number of oxazole rings is 1. The van der Waals surface area contributed by atoms with Crippen LogP contribution < -0.4 is 5.73 Å². The van der Waals surface area contributed by atoms with Gasteiger partial charge >= 0.3 is 6.18 Å². The van der Waals surface area contributed by atoms with Gasteiger partial charge in [-0.25, -0.2) is 9.97 Å². The molecule has 0 aliphatic carbocycles. The molecule has 2 N–H and O–H groups in total. The molecule has 2 heterocycles. The van der Waals surface area contributed by atoms with Gasteiger partial charge in [-0.15, -0.1) is 0 Å². The molecule has 0 saturated heterocycles. The quantitative estimate of drug-likeness (QED) is 0.290. The van der Waals surface area contributed by atoms with Crippen LogP contribution in [0.25, 0.3) is 22.5 Å². The summed E-state index contributed by atoms with van der Waals surface area (Å²) in [7, 11) is 0. The Morgan fingerprint density at radius 2 is 1.90 bits per heavy atom. The summed E-state index contributed by atoms with van der Waals surface area (Å²) < 4.78 is 45.1. The third kappa shape index (κ3) is 4.27. The zero-order valence-electron chi connectivity index (χ0n) is 15.5. The van der Waals surface area contributed by atoms with Crippen LogP contribution in [0.5, 0.6) is 0 Å². The zero-order valence-corrected chi connectivity index (χ0v) is 15.5. The molecule has 0 spiro atoms. The molecule has 2 aromatic carbocycles. The van der Waals surface area contributed by atoms with Gasteiger partial charge in [-0.2, -0.15) is 13.2 Å². The Hall–Kier alpha value is -3.82. The van der Waals surface area contributed by atoms with Gasteiger partial charge in [-0.3, -0.25) is 0 Å². The van der Waals surface area contributed by atoms with Crippen LogP contribution in [-0.2, 0) is 24.2 Å². The van der Waals surface area contributed by atoms with E-state index < -0.39 is 11.7 Å². The van der Waals surface area contributed by atoms with Crippen LogP contribution >= 0.6 is 0 Å². The highest BCUT2D eigenvalue weighted by Gasteiger charge is 2.30. The normalized spacial score (nSPS) is 12.4. The minimum absolute atomic E-state index is 0.00445. The van der Waals surface area contributed by atoms with Crippen molar-refractivity contribution in [3.05, 3.63) is 72.4 Å². The molecule has 154 valence electrons.